The average molecular weight is 566 g/mol. The summed E-state index contributed by atoms with van der Waals surface area (Å²) in [4.78, 5) is 29.0. The molecule has 0 aromatic heterocycles. The minimum atomic E-state index is -0.684. The van der Waals surface area contributed by atoms with Crippen molar-refractivity contribution >= 4 is 27.7 Å². The van der Waals surface area contributed by atoms with Crippen molar-refractivity contribution in [1.29, 1.82) is 0 Å². The standard InChI is InChI=1S/C31H37BrN2O3/c1-6-23(4)33-31(36)28(18-25-10-8-7-9-11-25)34(19-26-12-14-27(32)15-13-26)30(35)20-37-29-17-21(2)16-22(3)24(29)5/h7-17,23,28H,6,18-20H2,1-5H3,(H,33,36). The molecular formula is C31H37BrN2O3. The molecule has 3 aromatic carbocycles. The summed E-state index contributed by atoms with van der Waals surface area (Å²) in [5.41, 5.74) is 5.13. The lowest BCUT2D eigenvalue weighted by molar-refractivity contribution is -0.143. The first-order valence-electron chi connectivity index (χ1n) is 12.8. The Morgan fingerprint density at radius 3 is 2.30 bits per heavy atom. The smallest absolute Gasteiger partial charge is 0.261 e. The summed E-state index contributed by atoms with van der Waals surface area (Å²) in [5.74, 6) is 0.297. The number of halogens is 1. The largest absolute Gasteiger partial charge is 0.483 e. The first-order valence-corrected chi connectivity index (χ1v) is 13.6. The van der Waals surface area contributed by atoms with Gasteiger partial charge in [-0.1, -0.05) is 71.4 Å². The average Bonchev–Trinajstić information content (AvgIpc) is 2.88. The lowest BCUT2D eigenvalue weighted by Crippen LogP contribution is -2.53. The van der Waals surface area contributed by atoms with E-state index in [4.69, 9.17) is 4.74 Å². The quantitative estimate of drug-likeness (QED) is 0.297. The molecule has 3 aromatic rings. The van der Waals surface area contributed by atoms with E-state index in [1.54, 1.807) is 4.90 Å². The Labute approximate surface area is 229 Å². The predicted octanol–water partition coefficient (Wildman–Crippen LogP) is 6.31. The molecule has 5 nitrogen and oxygen atoms in total. The number of carbonyl (C=O) groups is 2. The number of hydrogen-bond acceptors (Lipinski definition) is 3. The van der Waals surface area contributed by atoms with Gasteiger partial charge >= 0.3 is 0 Å². The van der Waals surface area contributed by atoms with Gasteiger partial charge in [-0.05, 0) is 80.1 Å². The maximum Gasteiger partial charge on any atom is 0.261 e. The third kappa shape index (κ3) is 8.19. The molecule has 0 saturated carbocycles. The fourth-order valence-electron chi connectivity index (χ4n) is 4.15. The van der Waals surface area contributed by atoms with Gasteiger partial charge in [-0.2, -0.15) is 0 Å². The van der Waals surface area contributed by atoms with Gasteiger partial charge in [0.2, 0.25) is 5.91 Å². The van der Waals surface area contributed by atoms with Crippen molar-refractivity contribution in [3.8, 4) is 5.75 Å². The number of nitrogens with zero attached hydrogens (tertiary/aromatic N) is 1. The van der Waals surface area contributed by atoms with Gasteiger partial charge in [0.1, 0.15) is 11.8 Å². The van der Waals surface area contributed by atoms with Crippen molar-refractivity contribution in [2.24, 2.45) is 0 Å². The number of benzene rings is 3. The van der Waals surface area contributed by atoms with Crippen molar-refractivity contribution in [2.75, 3.05) is 6.61 Å². The summed E-state index contributed by atoms with van der Waals surface area (Å²) in [7, 11) is 0. The highest BCUT2D eigenvalue weighted by Crippen LogP contribution is 2.24. The molecule has 0 radical (unpaired) electrons. The minimum absolute atomic E-state index is 0.00424. The molecule has 6 heteroatoms. The number of amides is 2. The van der Waals surface area contributed by atoms with E-state index in [0.717, 1.165) is 38.7 Å². The van der Waals surface area contributed by atoms with Crippen molar-refractivity contribution < 1.29 is 14.3 Å². The summed E-state index contributed by atoms with van der Waals surface area (Å²) in [6.07, 6.45) is 1.22. The van der Waals surface area contributed by atoms with Crippen LogP contribution in [-0.4, -0.2) is 35.4 Å². The van der Waals surface area contributed by atoms with Crippen LogP contribution in [0.4, 0.5) is 0 Å². The fourth-order valence-corrected chi connectivity index (χ4v) is 4.42. The Kier molecular flexibility index (Phi) is 10.3. The van der Waals surface area contributed by atoms with E-state index in [1.165, 1.54) is 0 Å². The molecule has 0 bridgehead atoms. The van der Waals surface area contributed by atoms with E-state index in [1.807, 2.05) is 95.3 Å². The first-order chi connectivity index (χ1) is 17.7. The second-order valence-corrected chi connectivity index (χ2v) is 10.6. The van der Waals surface area contributed by atoms with Crippen LogP contribution in [0.3, 0.4) is 0 Å². The van der Waals surface area contributed by atoms with Gasteiger partial charge in [-0.15, -0.1) is 0 Å². The molecule has 1 N–H and O–H groups in total. The monoisotopic (exact) mass is 564 g/mol. The van der Waals surface area contributed by atoms with Crippen LogP contribution in [-0.2, 0) is 22.6 Å². The summed E-state index contributed by atoms with van der Waals surface area (Å²) < 4.78 is 7.01. The number of aryl methyl sites for hydroxylation is 2. The SMILES string of the molecule is CCC(C)NC(=O)C(Cc1ccccc1)N(Cc1ccc(Br)cc1)C(=O)COc1cc(C)cc(C)c1C. The van der Waals surface area contributed by atoms with Crippen LogP contribution < -0.4 is 10.1 Å². The Hall–Kier alpha value is -3.12. The van der Waals surface area contributed by atoms with Crippen LogP contribution in [0.2, 0.25) is 0 Å². The molecule has 196 valence electrons. The lowest BCUT2D eigenvalue weighted by Gasteiger charge is -2.32. The van der Waals surface area contributed by atoms with Crippen molar-refractivity contribution in [1.82, 2.24) is 10.2 Å². The molecule has 2 amide bonds. The Bertz CT molecular complexity index is 1200. The molecule has 0 fully saturated rings. The zero-order valence-corrected chi connectivity index (χ0v) is 24.0. The Morgan fingerprint density at radius 2 is 1.65 bits per heavy atom. The summed E-state index contributed by atoms with van der Waals surface area (Å²) >= 11 is 3.48. The number of rotatable bonds is 11. The third-order valence-electron chi connectivity index (χ3n) is 6.65. The molecule has 0 aliphatic carbocycles. The highest BCUT2D eigenvalue weighted by atomic mass is 79.9. The number of nitrogens with one attached hydrogen (secondary N) is 1. The highest BCUT2D eigenvalue weighted by molar-refractivity contribution is 9.10. The summed E-state index contributed by atoms with van der Waals surface area (Å²) in [5, 5.41) is 3.10. The van der Waals surface area contributed by atoms with Crippen molar-refractivity contribution in [3.05, 3.63) is 99.0 Å². The van der Waals surface area contributed by atoms with Gasteiger partial charge in [0.05, 0.1) is 0 Å². The van der Waals surface area contributed by atoms with Gasteiger partial charge < -0.3 is 15.0 Å². The minimum Gasteiger partial charge on any atom is -0.483 e. The van der Waals surface area contributed by atoms with Crippen LogP contribution in [0.25, 0.3) is 0 Å². The maximum absolute atomic E-state index is 13.8. The van der Waals surface area contributed by atoms with Gasteiger partial charge in [0.15, 0.2) is 6.61 Å². The topological polar surface area (TPSA) is 58.6 Å². The van der Waals surface area contributed by atoms with E-state index in [2.05, 4.69) is 27.3 Å². The van der Waals surface area contributed by atoms with Crippen molar-refractivity contribution in [2.45, 2.75) is 66.1 Å². The van der Waals surface area contributed by atoms with Crippen LogP contribution in [0, 0.1) is 20.8 Å². The van der Waals surface area contributed by atoms with E-state index in [0.29, 0.717) is 18.7 Å². The number of ether oxygens (including phenoxy) is 1. The first kappa shape index (κ1) is 28.5. The zero-order chi connectivity index (χ0) is 26.9. The summed E-state index contributed by atoms with van der Waals surface area (Å²) in [6.45, 7) is 10.2. The Morgan fingerprint density at radius 1 is 0.973 bits per heavy atom. The number of carbonyl (C=O) groups excluding carboxylic acids is 2. The summed E-state index contributed by atoms with van der Waals surface area (Å²) in [6, 6.07) is 21.0. The zero-order valence-electron chi connectivity index (χ0n) is 22.4. The fraction of sp³-hybridized carbons (Fsp3) is 0.355. The molecule has 0 saturated heterocycles. The van der Waals surface area contributed by atoms with Crippen molar-refractivity contribution in [3.63, 3.8) is 0 Å². The number of hydrogen-bond donors (Lipinski definition) is 1. The normalized spacial score (nSPS) is 12.5. The van der Waals surface area contributed by atoms with Crippen LogP contribution in [0.15, 0.2) is 71.2 Å². The van der Waals surface area contributed by atoms with Crippen LogP contribution in [0.1, 0.15) is 48.1 Å². The van der Waals surface area contributed by atoms with Crippen LogP contribution in [0.5, 0.6) is 5.75 Å². The molecule has 0 aliphatic heterocycles. The molecule has 2 atom stereocenters. The lowest BCUT2D eigenvalue weighted by atomic mass is 10.0. The van der Waals surface area contributed by atoms with Gasteiger partial charge in [-0.3, -0.25) is 9.59 Å². The third-order valence-corrected chi connectivity index (χ3v) is 7.18. The van der Waals surface area contributed by atoms with Gasteiger partial charge in [0, 0.05) is 23.5 Å². The maximum atomic E-state index is 13.8. The van der Waals surface area contributed by atoms with Gasteiger partial charge in [-0.25, -0.2) is 0 Å². The van der Waals surface area contributed by atoms with E-state index in [-0.39, 0.29) is 24.5 Å². The molecule has 37 heavy (non-hydrogen) atoms. The Balaban J connectivity index is 1.94. The molecule has 0 spiro atoms. The molecule has 0 heterocycles. The van der Waals surface area contributed by atoms with Gasteiger partial charge in [0.25, 0.3) is 5.91 Å². The second kappa shape index (κ2) is 13.4. The molecule has 0 aliphatic rings. The second-order valence-electron chi connectivity index (χ2n) is 9.67. The van der Waals surface area contributed by atoms with E-state index < -0.39 is 6.04 Å². The van der Waals surface area contributed by atoms with E-state index in [9.17, 15) is 9.59 Å². The molecule has 2 unspecified atom stereocenters. The van der Waals surface area contributed by atoms with E-state index >= 15 is 0 Å². The molecular weight excluding hydrogens is 528 g/mol. The molecule has 3 rings (SSSR count). The van der Waals surface area contributed by atoms with Crippen LogP contribution >= 0.6 is 15.9 Å². The highest BCUT2D eigenvalue weighted by Gasteiger charge is 2.31. The predicted molar refractivity (Wildman–Crippen MR) is 153 cm³/mol.